The Morgan fingerprint density at radius 2 is 1.61 bits per heavy atom. The second-order valence-corrected chi connectivity index (χ2v) is 6.44. The van der Waals surface area contributed by atoms with Crippen molar-refractivity contribution in [2.24, 2.45) is 5.92 Å². The van der Waals surface area contributed by atoms with Crippen molar-refractivity contribution < 1.29 is 28.5 Å². The lowest BCUT2D eigenvalue weighted by molar-refractivity contribution is -0.243. The zero-order valence-corrected chi connectivity index (χ0v) is 14.3. The number of cyclic esters (lactones) is 2. The van der Waals surface area contributed by atoms with Gasteiger partial charge in [0, 0.05) is 24.8 Å². The molecule has 0 spiro atoms. The quantitative estimate of drug-likeness (QED) is 0.626. The highest BCUT2D eigenvalue weighted by atomic mass is 16.7. The lowest BCUT2D eigenvalue weighted by Crippen LogP contribution is -2.52. The molecule has 23 heavy (non-hydrogen) atoms. The van der Waals surface area contributed by atoms with Crippen LogP contribution in [0.5, 0.6) is 11.5 Å². The molecule has 1 aromatic carbocycles. The molecule has 1 aliphatic heterocycles. The average Bonchev–Trinajstić information content (AvgIpc) is 2.43. The number of carbonyl (C=O) groups excluding carboxylic acids is 2. The van der Waals surface area contributed by atoms with Crippen LogP contribution in [-0.4, -0.2) is 31.9 Å². The Morgan fingerprint density at radius 3 is 2.09 bits per heavy atom. The van der Waals surface area contributed by atoms with Gasteiger partial charge in [0.1, 0.15) is 0 Å². The molecule has 0 unspecified atom stereocenters. The molecule has 126 valence electrons. The third-order valence-corrected chi connectivity index (χ3v) is 3.98. The molecule has 0 saturated carbocycles. The summed E-state index contributed by atoms with van der Waals surface area (Å²) in [5.74, 6) is -2.56. The number of hydrogen-bond donors (Lipinski definition) is 0. The van der Waals surface area contributed by atoms with Gasteiger partial charge in [-0.2, -0.15) is 0 Å². The van der Waals surface area contributed by atoms with Gasteiger partial charge in [-0.15, -0.1) is 0 Å². The van der Waals surface area contributed by atoms with Crippen LogP contribution in [0.25, 0.3) is 0 Å². The van der Waals surface area contributed by atoms with Gasteiger partial charge in [-0.05, 0) is 6.07 Å². The lowest BCUT2D eigenvalue weighted by Gasteiger charge is -2.40. The van der Waals surface area contributed by atoms with Crippen LogP contribution >= 0.6 is 0 Å². The minimum Gasteiger partial charge on any atom is -0.493 e. The van der Waals surface area contributed by atoms with Crippen LogP contribution in [0, 0.1) is 5.92 Å². The van der Waals surface area contributed by atoms with Gasteiger partial charge in [-0.1, -0.05) is 26.0 Å². The summed E-state index contributed by atoms with van der Waals surface area (Å²) >= 11 is 0. The van der Waals surface area contributed by atoms with Gasteiger partial charge in [0.05, 0.1) is 14.2 Å². The maximum absolute atomic E-state index is 12.4. The average molecular weight is 322 g/mol. The molecule has 1 aliphatic rings. The summed E-state index contributed by atoms with van der Waals surface area (Å²) in [6, 6.07) is 5.32. The molecule has 1 aromatic rings. The maximum Gasteiger partial charge on any atom is 0.324 e. The van der Waals surface area contributed by atoms with Crippen molar-refractivity contribution in [2.45, 2.75) is 38.9 Å². The number of rotatable bonds is 4. The summed E-state index contributed by atoms with van der Waals surface area (Å²) in [7, 11) is 3.04. The number of hydrogen-bond acceptors (Lipinski definition) is 6. The van der Waals surface area contributed by atoms with E-state index in [1.165, 1.54) is 28.1 Å². The molecule has 0 N–H and O–H groups in total. The fourth-order valence-corrected chi connectivity index (χ4v) is 2.86. The molecule has 0 aromatic heterocycles. The van der Waals surface area contributed by atoms with Crippen molar-refractivity contribution in [2.75, 3.05) is 14.2 Å². The van der Waals surface area contributed by atoms with E-state index < -0.39 is 29.1 Å². The van der Waals surface area contributed by atoms with Crippen molar-refractivity contribution in [1.82, 2.24) is 0 Å². The molecule has 1 heterocycles. The number of carbonyl (C=O) groups is 2. The Morgan fingerprint density at radius 1 is 1.04 bits per heavy atom. The summed E-state index contributed by atoms with van der Waals surface area (Å²) in [4.78, 5) is 24.8. The summed E-state index contributed by atoms with van der Waals surface area (Å²) in [5.41, 5.74) is -0.233. The van der Waals surface area contributed by atoms with Gasteiger partial charge in [0.15, 0.2) is 17.4 Å². The molecule has 1 saturated heterocycles. The van der Waals surface area contributed by atoms with Crippen molar-refractivity contribution in [3.05, 3.63) is 23.8 Å². The second-order valence-electron chi connectivity index (χ2n) is 6.44. The van der Waals surface area contributed by atoms with Gasteiger partial charge in [0.2, 0.25) is 0 Å². The Kier molecular flexibility index (Phi) is 4.28. The van der Waals surface area contributed by atoms with Gasteiger partial charge in [0.25, 0.3) is 5.79 Å². The van der Waals surface area contributed by atoms with Gasteiger partial charge in [-0.25, -0.2) is 0 Å². The predicted octanol–water partition coefficient (Wildman–Crippen LogP) is 2.43. The molecule has 6 nitrogen and oxygen atoms in total. The molecule has 0 aliphatic carbocycles. The van der Waals surface area contributed by atoms with Crippen LogP contribution in [0.1, 0.15) is 33.3 Å². The molecule has 2 rings (SSSR count). The Balaban J connectivity index is 2.50. The maximum atomic E-state index is 12.4. The van der Waals surface area contributed by atoms with Gasteiger partial charge >= 0.3 is 11.9 Å². The highest BCUT2D eigenvalue weighted by Gasteiger charge is 2.52. The Bertz CT molecular complexity index is 612. The number of para-hydroxylation sites is 1. The van der Waals surface area contributed by atoms with E-state index in [9.17, 15) is 9.59 Å². The van der Waals surface area contributed by atoms with Crippen molar-refractivity contribution in [3.8, 4) is 11.5 Å². The van der Waals surface area contributed by atoms with Crippen molar-refractivity contribution >= 4 is 11.9 Å². The fraction of sp³-hybridized carbons (Fsp3) is 0.529. The SMILES string of the molecule is COc1cccc(C(C)(C)C2C(=O)OC(C)(C)OC2=O)c1OC. The number of esters is 2. The van der Waals surface area contributed by atoms with Crippen LogP contribution in [0.15, 0.2) is 18.2 Å². The van der Waals surface area contributed by atoms with E-state index >= 15 is 0 Å². The van der Waals surface area contributed by atoms with Crippen LogP contribution in [0.4, 0.5) is 0 Å². The van der Waals surface area contributed by atoms with Crippen molar-refractivity contribution in [3.63, 3.8) is 0 Å². The van der Waals surface area contributed by atoms with E-state index in [1.807, 2.05) is 0 Å². The van der Waals surface area contributed by atoms with Crippen LogP contribution in [0.3, 0.4) is 0 Å². The number of benzene rings is 1. The van der Waals surface area contributed by atoms with Gasteiger partial charge in [-0.3, -0.25) is 9.59 Å². The van der Waals surface area contributed by atoms with Crippen molar-refractivity contribution in [1.29, 1.82) is 0 Å². The highest BCUT2D eigenvalue weighted by molar-refractivity contribution is 5.98. The molecular weight excluding hydrogens is 300 g/mol. The van der Waals surface area contributed by atoms with E-state index in [0.29, 0.717) is 17.1 Å². The summed E-state index contributed by atoms with van der Waals surface area (Å²) in [6.45, 7) is 6.60. The molecule has 6 heteroatoms. The largest absolute Gasteiger partial charge is 0.493 e. The molecule has 1 fully saturated rings. The highest BCUT2D eigenvalue weighted by Crippen LogP contribution is 2.44. The number of ether oxygens (including phenoxy) is 4. The monoisotopic (exact) mass is 322 g/mol. The first-order valence-electron chi connectivity index (χ1n) is 7.31. The Hall–Kier alpha value is -2.24. The molecule has 0 amide bonds. The lowest BCUT2D eigenvalue weighted by atomic mass is 9.72. The van der Waals surface area contributed by atoms with E-state index in [4.69, 9.17) is 18.9 Å². The zero-order valence-electron chi connectivity index (χ0n) is 14.3. The topological polar surface area (TPSA) is 71.1 Å². The fourth-order valence-electron chi connectivity index (χ4n) is 2.86. The predicted molar refractivity (Wildman–Crippen MR) is 82.3 cm³/mol. The minimum atomic E-state index is -1.25. The first kappa shape index (κ1) is 17.1. The van der Waals surface area contributed by atoms with Crippen LogP contribution in [0.2, 0.25) is 0 Å². The second kappa shape index (κ2) is 5.76. The van der Waals surface area contributed by atoms with E-state index in [1.54, 1.807) is 32.0 Å². The molecule has 0 bridgehead atoms. The zero-order chi connectivity index (χ0) is 17.4. The third kappa shape index (κ3) is 2.98. The molecular formula is C17H22O6. The van der Waals surface area contributed by atoms with E-state index in [2.05, 4.69) is 0 Å². The first-order chi connectivity index (χ1) is 10.6. The van der Waals surface area contributed by atoms with E-state index in [-0.39, 0.29) is 0 Å². The molecule has 0 atom stereocenters. The summed E-state index contributed by atoms with van der Waals surface area (Å²) in [5, 5.41) is 0. The summed E-state index contributed by atoms with van der Waals surface area (Å²) in [6.07, 6.45) is 0. The smallest absolute Gasteiger partial charge is 0.324 e. The van der Waals surface area contributed by atoms with E-state index in [0.717, 1.165) is 0 Å². The Labute approximate surface area is 135 Å². The standard InChI is InChI=1S/C17H22O6/c1-16(2,10-8-7-9-11(20-5)13(10)21-6)12-14(18)22-17(3,4)23-15(12)19/h7-9,12H,1-6H3. The van der Waals surface area contributed by atoms with Crippen LogP contribution < -0.4 is 9.47 Å². The normalized spacial score (nSPS) is 18.2. The summed E-state index contributed by atoms with van der Waals surface area (Å²) < 4.78 is 21.2. The first-order valence-corrected chi connectivity index (χ1v) is 7.31. The molecule has 0 radical (unpaired) electrons. The third-order valence-electron chi connectivity index (χ3n) is 3.98. The minimum absolute atomic E-state index is 0.477. The number of methoxy groups -OCH3 is 2. The van der Waals surface area contributed by atoms with Gasteiger partial charge < -0.3 is 18.9 Å². The van der Waals surface area contributed by atoms with Crippen LogP contribution in [-0.2, 0) is 24.5 Å².